The molecule has 1 aromatic heterocycles. The average molecular weight is 258 g/mol. The second-order valence-corrected chi connectivity index (χ2v) is 6.78. The minimum atomic E-state index is -3.43. The van der Waals surface area contributed by atoms with E-state index in [4.69, 9.17) is 5.73 Å². The fourth-order valence-corrected chi connectivity index (χ4v) is 3.79. The minimum Gasteiger partial charge on any atom is -0.330 e. The van der Waals surface area contributed by atoms with Gasteiger partial charge in [-0.1, -0.05) is 6.92 Å². The Morgan fingerprint density at radius 2 is 2.29 bits per heavy atom. The molecule has 0 bridgehead atoms. The summed E-state index contributed by atoms with van der Waals surface area (Å²) in [5.74, 6) is 0. The Bertz CT molecular complexity index is 510. The summed E-state index contributed by atoms with van der Waals surface area (Å²) in [5.41, 5.74) is 5.58. The van der Waals surface area contributed by atoms with Gasteiger partial charge in [-0.3, -0.25) is 4.68 Å². The van der Waals surface area contributed by atoms with Crippen molar-refractivity contribution in [3.05, 3.63) is 12.3 Å². The highest BCUT2D eigenvalue weighted by Crippen LogP contribution is 2.32. The van der Waals surface area contributed by atoms with Crippen LogP contribution >= 0.6 is 0 Å². The second-order valence-electron chi connectivity index (χ2n) is 4.90. The number of nitrogens with two attached hydrogens (primary N) is 1. The van der Waals surface area contributed by atoms with Crippen molar-refractivity contribution < 1.29 is 8.42 Å². The normalized spacial score (nSPS) is 26.5. The van der Waals surface area contributed by atoms with Crippen LogP contribution in [0.2, 0.25) is 0 Å². The zero-order valence-electron chi connectivity index (χ0n) is 10.1. The molecule has 7 heteroatoms. The van der Waals surface area contributed by atoms with Crippen molar-refractivity contribution in [2.45, 2.75) is 18.4 Å². The van der Waals surface area contributed by atoms with Gasteiger partial charge in [0.05, 0.1) is 6.20 Å². The molecule has 0 aliphatic carbocycles. The first-order chi connectivity index (χ1) is 7.89. The molecule has 0 amide bonds. The van der Waals surface area contributed by atoms with Gasteiger partial charge in [-0.25, -0.2) is 8.42 Å². The molecule has 0 aromatic carbocycles. The summed E-state index contributed by atoms with van der Waals surface area (Å²) in [6.45, 7) is 3.54. The molecular weight excluding hydrogens is 240 g/mol. The fraction of sp³-hybridized carbons (Fsp3) is 0.700. The summed E-state index contributed by atoms with van der Waals surface area (Å²) < 4.78 is 27.6. The molecule has 1 atom stereocenters. The van der Waals surface area contributed by atoms with E-state index in [1.807, 2.05) is 6.92 Å². The van der Waals surface area contributed by atoms with E-state index in [1.165, 1.54) is 21.3 Å². The summed E-state index contributed by atoms with van der Waals surface area (Å²) in [6.07, 6.45) is 2.30. The predicted octanol–water partition coefficient (Wildman–Crippen LogP) is -0.220. The third kappa shape index (κ3) is 2.10. The molecule has 96 valence electrons. The van der Waals surface area contributed by atoms with Gasteiger partial charge in [-0.2, -0.15) is 9.40 Å². The summed E-state index contributed by atoms with van der Waals surface area (Å²) in [5, 5.41) is 4.13. The Morgan fingerprint density at radius 3 is 2.76 bits per heavy atom. The standard InChI is InChI=1S/C10H18N4O2S/c1-10(7-11)4-6-14(8-10)17(15,16)9-3-5-12-13(9)2/h3,5H,4,6-8,11H2,1-2H3. The first-order valence-corrected chi connectivity index (χ1v) is 7.01. The lowest BCUT2D eigenvalue weighted by atomic mass is 9.90. The Hall–Kier alpha value is -0.920. The van der Waals surface area contributed by atoms with E-state index in [9.17, 15) is 8.42 Å². The van der Waals surface area contributed by atoms with Crippen molar-refractivity contribution >= 4 is 10.0 Å². The lowest BCUT2D eigenvalue weighted by molar-refractivity contribution is 0.348. The molecule has 1 aliphatic rings. The van der Waals surface area contributed by atoms with Gasteiger partial charge < -0.3 is 5.73 Å². The van der Waals surface area contributed by atoms with Gasteiger partial charge >= 0.3 is 0 Å². The van der Waals surface area contributed by atoms with E-state index in [1.54, 1.807) is 7.05 Å². The van der Waals surface area contributed by atoms with Crippen molar-refractivity contribution in [2.24, 2.45) is 18.2 Å². The third-order valence-electron chi connectivity index (χ3n) is 3.40. The quantitative estimate of drug-likeness (QED) is 0.812. The third-order valence-corrected chi connectivity index (χ3v) is 5.32. The minimum absolute atomic E-state index is 0.105. The van der Waals surface area contributed by atoms with Crippen LogP contribution in [0.4, 0.5) is 0 Å². The number of rotatable bonds is 3. The van der Waals surface area contributed by atoms with Crippen LogP contribution in [0.15, 0.2) is 17.3 Å². The summed E-state index contributed by atoms with van der Waals surface area (Å²) in [4.78, 5) is 0. The van der Waals surface area contributed by atoms with Crippen molar-refractivity contribution in [1.29, 1.82) is 0 Å². The number of aromatic nitrogens is 2. The highest BCUT2D eigenvalue weighted by atomic mass is 32.2. The van der Waals surface area contributed by atoms with Crippen LogP contribution in [-0.4, -0.2) is 42.1 Å². The van der Waals surface area contributed by atoms with Crippen LogP contribution in [0.3, 0.4) is 0 Å². The fourth-order valence-electron chi connectivity index (χ4n) is 2.10. The SMILES string of the molecule is Cn1nccc1S(=O)(=O)N1CCC(C)(CN)C1. The van der Waals surface area contributed by atoms with Gasteiger partial charge in [0.2, 0.25) is 0 Å². The van der Waals surface area contributed by atoms with E-state index < -0.39 is 10.0 Å². The van der Waals surface area contributed by atoms with E-state index >= 15 is 0 Å². The van der Waals surface area contributed by atoms with Crippen LogP contribution in [-0.2, 0) is 17.1 Å². The molecule has 17 heavy (non-hydrogen) atoms. The molecule has 6 nitrogen and oxygen atoms in total. The van der Waals surface area contributed by atoms with Crippen LogP contribution in [0.5, 0.6) is 0 Å². The van der Waals surface area contributed by atoms with Crippen molar-refractivity contribution in [3.8, 4) is 0 Å². The second kappa shape index (κ2) is 4.08. The van der Waals surface area contributed by atoms with Crippen LogP contribution in [0.25, 0.3) is 0 Å². The molecular formula is C10H18N4O2S. The molecule has 0 spiro atoms. The Morgan fingerprint density at radius 1 is 1.59 bits per heavy atom. The highest BCUT2D eigenvalue weighted by Gasteiger charge is 2.39. The zero-order valence-corrected chi connectivity index (χ0v) is 10.9. The van der Waals surface area contributed by atoms with Crippen LogP contribution < -0.4 is 5.73 Å². The van der Waals surface area contributed by atoms with Gasteiger partial charge in [0.25, 0.3) is 10.0 Å². The Kier molecular flexibility index (Phi) is 3.01. The molecule has 1 aliphatic heterocycles. The first kappa shape index (κ1) is 12.5. The average Bonchev–Trinajstić information content (AvgIpc) is 2.86. The summed E-state index contributed by atoms with van der Waals surface area (Å²) in [6, 6.07) is 1.52. The molecule has 1 saturated heterocycles. The van der Waals surface area contributed by atoms with Crippen LogP contribution in [0.1, 0.15) is 13.3 Å². The largest absolute Gasteiger partial charge is 0.330 e. The number of aryl methyl sites for hydroxylation is 1. The van der Waals surface area contributed by atoms with Crippen molar-refractivity contribution in [2.75, 3.05) is 19.6 Å². The lowest BCUT2D eigenvalue weighted by Crippen LogP contribution is -2.35. The Labute approximate surface area is 101 Å². The van der Waals surface area contributed by atoms with Gasteiger partial charge in [0.1, 0.15) is 0 Å². The molecule has 1 unspecified atom stereocenters. The number of sulfonamides is 1. The zero-order chi connectivity index (χ0) is 12.7. The van der Waals surface area contributed by atoms with E-state index in [2.05, 4.69) is 5.10 Å². The predicted molar refractivity (Wildman–Crippen MR) is 63.7 cm³/mol. The first-order valence-electron chi connectivity index (χ1n) is 5.57. The van der Waals surface area contributed by atoms with Crippen molar-refractivity contribution in [3.63, 3.8) is 0 Å². The molecule has 0 radical (unpaired) electrons. The topological polar surface area (TPSA) is 81.2 Å². The number of hydrogen-bond donors (Lipinski definition) is 1. The van der Waals surface area contributed by atoms with Gasteiger partial charge in [0, 0.05) is 20.1 Å². The van der Waals surface area contributed by atoms with E-state index in [0.717, 1.165) is 6.42 Å². The lowest BCUT2D eigenvalue weighted by Gasteiger charge is -2.22. The van der Waals surface area contributed by atoms with E-state index in [-0.39, 0.29) is 10.4 Å². The summed E-state index contributed by atoms with van der Waals surface area (Å²) >= 11 is 0. The molecule has 2 N–H and O–H groups in total. The number of nitrogens with zero attached hydrogens (tertiary/aromatic N) is 3. The summed E-state index contributed by atoms with van der Waals surface area (Å²) in [7, 11) is -1.80. The molecule has 0 saturated carbocycles. The van der Waals surface area contributed by atoms with Gasteiger partial charge in [-0.05, 0) is 24.4 Å². The van der Waals surface area contributed by atoms with Crippen LogP contribution in [0, 0.1) is 5.41 Å². The van der Waals surface area contributed by atoms with Gasteiger partial charge in [0.15, 0.2) is 5.03 Å². The smallest absolute Gasteiger partial charge is 0.260 e. The maximum absolute atomic E-state index is 12.3. The monoisotopic (exact) mass is 258 g/mol. The molecule has 1 aromatic rings. The molecule has 2 heterocycles. The highest BCUT2D eigenvalue weighted by molar-refractivity contribution is 7.89. The molecule has 1 fully saturated rings. The number of hydrogen-bond acceptors (Lipinski definition) is 4. The maximum Gasteiger partial charge on any atom is 0.260 e. The van der Waals surface area contributed by atoms with Crippen molar-refractivity contribution in [1.82, 2.24) is 14.1 Å². The molecule has 2 rings (SSSR count). The Balaban J connectivity index is 2.28. The van der Waals surface area contributed by atoms with E-state index in [0.29, 0.717) is 19.6 Å². The van der Waals surface area contributed by atoms with Gasteiger partial charge in [-0.15, -0.1) is 0 Å². The maximum atomic E-state index is 12.3.